The van der Waals surface area contributed by atoms with Crippen molar-refractivity contribution in [1.29, 1.82) is 0 Å². The molecule has 6 nitrogen and oxygen atoms in total. The van der Waals surface area contributed by atoms with Crippen LogP contribution >= 0.6 is 11.6 Å². The molecule has 114 valence electrons. The molecule has 0 spiro atoms. The van der Waals surface area contributed by atoms with Gasteiger partial charge in [-0.1, -0.05) is 18.5 Å². The SMILES string of the molecule is CCc1nnc(C)cc1C(Cc1c(Cl)c(C)nn1C)NN. The minimum atomic E-state index is -0.0820. The van der Waals surface area contributed by atoms with Crippen LogP contribution in [-0.4, -0.2) is 20.0 Å². The van der Waals surface area contributed by atoms with Crippen molar-refractivity contribution in [3.8, 4) is 0 Å². The molecule has 0 saturated heterocycles. The summed E-state index contributed by atoms with van der Waals surface area (Å²) in [5.41, 5.74) is 7.51. The van der Waals surface area contributed by atoms with Crippen molar-refractivity contribution in [3.05, 3.63) is 39.4 Å². The highest BCUT2D eigenvalue weighted by Gasteiger charge is 2.20. The molecule has 3 N–H and O–H groups in total. The van der Waals surface area contributed by atoms with Gasteiger partial charge in [0.2, 0.25) is 0 Å². The van der Waals surface area contributed by atoms with E-state index in [1.165, 1.54) is 0 Å². The summed E-state index contributed by atoms with van der Waals surface area (Å²) in [6.45, 7) is 5.87. The second-order valence-corrected chi connectivity index (χ2v) is 5.51. The summed E-state index contributed by atoms with van der Waals surface area (Å²) < 4.78 is 1.80. The molecule has 2 rings (SSSR count). The van der Waals surface area contributed by atoms with Crippen LogP contribution in [0.2, 0.25) is 5.02 Å². The van der Waals surface area contributed by atoms with E-state index in [-0.39, 0.29) is 6.04 Å². The molecule has 0 aliphatic heterocycles. The fourth-order valence-electron chi connectivity index (χ4n) is 2.46. The van der Waals surface area contributed by atoms with Crippen LogP contribution in [-0.2, 0) is 19.9 Å². The maximum Gasteiger partial charge on any atom is 0.0847 e. The molecule has 0 aliphatic carbocycles. The van der Waals surface area contributed by atoms with Crippen LogP contribution in [0.1, 0.15) is 41.3 Å². The lowest BCUT2D eigenvalue weighted by atomic mass is 9.99. The summed E-state index contributed by atoms with van der Waals surface area (Å²) in [4.78, 5) is 0. The quantitative estimate of drug-likeness (QED) is 0.650. The molecule has 0 aliphatic rings. The molecular weight excluding hydrogens is 288 g/mol. The number of nitrogens with two attached hydrogens (primary N) is 1. The average Bonchev–Trinajstić information content (AvgIpc) is 2.70. The molecule has 1 atom stereocenters. The predicted molar refractivity (Wildman–Crippen MR) is 82.9 cm³/mol. The molecule has 0 fully saturated rings. The third kappa shape index (κ3) is 3.23. The number of nitrogens with zero attached hydrogens (tertiary/aromatic N) is 4. The maximum absolute atomic E-state index is 6.33. The van der Waals surface area contributed by atoms with Crippen molar-refractivity contribution in [3.63, 3.8) is 0 Å². The third-order valence-corrected chi connectivity index (χ3v) is 4.09. The fraction of sp³-hybridized carbons (Fsp3) is 0.500. The number of aryl methyl sites for hydroxylation is 4. The minimum Gasteiger partial charge on any atom is -0.271 e. The predicted octanol–water partition coefficient (Wildman–Crippen LogP) is 1.79. The Kier molecular flexibility index (Phi) is 4.92. The Morgan fingerprint density at radius 3 is 2.62 bits per heavy atom. The smallest absolute Gasteiger partial charge is 0.0847 e. The van der Waals surface area contributed by atoms with E-state index in [9.17, 15) is 0 Å². The number of aromatic nitrogens is 4. The molecule has 0 bridgehead atoms. The number of halogens is 1. The van der Waals surface area contributed by atoms with Gasteiger partial charge in [0, 0.05) is 13.5 Å². The molecule has 0 radical (unpaired) electrons. The molecule has 2 heterocycles. The molecular formula is C14H21ClN6. The number of nitrogens with one attached hydrogen (secondary N) is 1. The summed E-state index contributed by atoms with van der Waals surface area (Å²) >= 11 is 6.33. The van der Waals surface area contributed by atoms with Gasteiger partial charge < -0.3 is 0 Å². The van der Waals surface area contributed by atoms with E-state index in [0.717, 1.165) is 34.8 Å². The van der Waals surface area contributed by atoms with Crippen molar-refractivity contribution in [2.45, 2.75) is 39.7 Å². The van der Waals surface area contributed by atoms with Crippen LogP contribution in [0, 0.1) is 13.8 Å². The minimum absolute atomic E-state index is 0.0820. The first-order valence-electron chi connectivity index (χ1n) is 6.95. The first-order valence-corrected chi connectivity index (χ1v) is 7.32. The van der Waals surface area contributed by atoms with Gasteiger partial charge in [-0.3, -0.25) is 16.0 Å². The Labute approximate surface area is 129 Å². The van der Waals surface area contributed by atoms with Crippen molar-refractivity contribution in [2.24, 2.45) is 12.9 Å². The maximum atomic E-state index is 6.33. The first-order chi connectivity index (χ1) is 9.97. The monoisotopic (exact) mass is 308 g/mol. The summed E-state index contributed by atoms with van der Waals surface area (Å²) in [5.74, 6) is 5.76. The van der Waals surface area contributed by atoms with Gasteiger partial charge in [-0.15, -0.1) is 0 Å². The van der Waals surface area contributed by atoms with E-state index in [2.05, 4.69) is 27.6 Å². The van der Waals surface area contributed by atoms with Gasteiger partial charge in [0.05, 0.1) is 33.8 Å². The van der Waals surface area contributed by atoms with Gasteiger partial charge in [-0.25, -0.2) is 0 Å². The molecule has 1 unspecified atom stereocenters. The standard InChI is InChI=1S/C14H21ClN6/c1-5-11-10(6-8(2)18-19-11)12(17-16)7-13-14(15)9(3)20-21(13)4/h6,12,17H,5,7,16H2,1-4H3. The number of hydrazine groups is 1. The first kappa shape index (κ1) is 15.9. The molecule has 2 aromatic rings. The van der Waals surface area contributed by atoms with Crippen LogP contribution in [0.4, 0.5) is 0 Å². The van der Waals surface area contributed by atoms with Crippen LogP contribution in [0.15, 0.2) is 6.07 Å². The molecule has 21 heavy (non-hydrogen) atoms. The summed E-state index contributed by atoms with van der Waals surface area (Å²) in [5, 5.41) is 13.4. The highest BCUT2D eigenvalue weighted by molar-refractivity contribution is 6.31. The fourth-order valence-corrected chi connectivity index (χ4v) is 2.70. The van der Waals surface area contributed by atoms with E-state index in [1.807, 2.05) is 27.0 Å². The Balaban J connectivity index is 2.38. The summed E-state index contributed by atoms with van der Waals surface area (Å²) in [7, 11) is 1.89. The normalized spacial score (nSPS) is 12.7. The molecule has 7 heteroatoms. The van der Waals surface area contributed by atoms with E-state index >= 15 is 0 Å². The van der Waals surface area contributed by atoms with E-state index in [0.29, 0.717) is 11.4 Å². The Hall–Kier alpha value is -1.50. The zero-order chi connectivity index (χ0) is 15.6. The summed E-state index contributed by atoms with van der Waals surface area (Å²) in [6.07, 6.45) is 1.45. The highest BCUT2D eigenvalue weighted by Crippen LogP contribution is 2.26. The van der Waals surface area contributed by atoms with Crippen molar-refractivity contribution in [1.82, 2.24) is 25.4 Å². The molecule has 0 amide bonds. The third-order valence-electron chi connectivity index (χ3n) is 3.60. The Bertz CT molecular complexity index is 637. The van der Waals surface area contributed by atoms with Crippen LogP contribution in [0.25, 0.3) is 0 Å². The Morgan fingerprint density at radius 1 is 1.38 bits per heavy atom. The molecule has 2 aromatic heterocycles. The topological polar surface area (TPSA) is 81.7 Å². The number of rotatable bonds is 5. The van der Waals surface area contributed by atoms with Crippen LogP contribution in [0.3, 0.4) is 0 Å². The average molecular weight is 309 g/mol. The second kappa shape index (κ2) is 6.51. The van der Waals surface area contributed by atoms with Crippen LogP contribution in [0.5, 0.6) is 0 Å². The summed E-state index contributed by atoms with van der Waals surface area (Å²) in [6, 6.07) is 1.94. The molecule has 0 saturated carbocycles. The van der Waals surface area contributed by atoms with E-state index in [1.54, 1.807) is 4.68 Å². The zero-order valence-electron chi connectivity index (χ0n) is 12.8. The van der Waals surface area contributed by atoms with Crippen molar-refractivity contribution in [2.75, 3.05) is 0 Å². The van der Waals surface area contributed by atoms with E-state index in [4.69, 9.17) is 17.4 Å². The Morgan fingerprint density at radius 2 is 2.10 bits per heavy atom. The lowest BCUT2D eigenvalue weighted by Gasteiger charge is -2.19. The zero-order valence-corrected chi connectivity index (χ0v) is 13.6. The highest BCUT2D eigenvalue weighted by atomic mass is 35.5. The molecule has 0 aromatic carbocycles. The van der Waals surface area contributed by atoms with Crippen molar-refractivity contribution >= 4 is 11.6 Å². The number of hydrogen-bond acceptors (Lipinski definition) is 5. The lowest BCUT2D eigenvalue weighted by molar-refractivity contribution is 0.522. The van der Waals surface area contributed by atoms with Gasteiger partial charge >= 0.3 is 0 Å². The van der Waals surface area contributed by atoms with Gasteiger partial charge in [-0.05, 0) is 31.9 Å². The largest absolute Gasteiger partial charge is 0.271 e. The van der Waals surface area contributed by atoms with E-state index < -0.39 is 0 Å². The van der Waals surface area contributed by atoms with Crippen molar-refractivity contribution < 1.29 is 0 Å². The van der Waals surface area contributed by atoms with Gasteiger partial charge in [-0.2, -0.15) is 15.3 Å². The van der Waals surface area contributed by atoms with Gasteiger partial charge in [0.1, 0.15) is 0 Å². The number of hydrogen-bond donors (Lipinski definition) is 2. The second-order valence-electron chi connectivity index (χ2n) is 5.13. The van der Waals surface area contributed by atoms with Crippen LogP contribution < -0.4 is 11.3 Å². The van der Waals surface area contributed by atoms with Gasteiger partial charge in [0.15, 0.2) is 0 Å². The van der Waals surface area contributed by atoms with Gasteiger partial charge in [0.25, 0.3) is 0 Å². The lowest BCUT2D eigenvalue weighted by Crippen LogP contribution is -2.31.